The molecule has 0 atom stereocenters. The molecule has 3 rings (SSSR count). The number of aromatic nitrogens is 2. The predicted molar refractivity (Wildman–Crippen MR) is 79.3 cm³/mol. The fraction of sp³-hybridized carbons (Fsp3) is 0.438. The molecule has 0 spiro atoms. The van der Waals surface area contributed by atoms with Crippen molar-refractivity contribution >= 4 is 16.7 Å². The second-order valence-electron chi connectivity index (χ2n) is 5.67. The number of rotatable bonds is 2. The van der Waals surface area contributed by atoms with Gasteiger partial charge in [0.2, 0.25) is 0 Å². The molecule has 0 saturated heterocycles. The van der Waals surface area contributed by atoms with Crippen LogP contribution >= 0.6 is 0 Å². The van der Waals surface area contributed by atoms with E-state index < -0.39 is 0 Å². The Hall–Kier alpha value is -2.15. The number of nitriles is 1. The number of nitrogens with one attached hydrogen (secondary N) is 1. The minimum Gasteiger partial charge on any atom is -0.367 e. The van der Waals surface area contributed by atoms with E-state index in [1.54, 1.807) is 12.4 Å². The quantitative estimate of drug-likeness (QED) is 0.903. The first-order valence-electron chi connectivity index (χ1n) is 7.17. The van der Waals surface area contributed by atoms with Gasteiger partial charge in [0.05, 0.1) is 17.1 Å². The fourth-order valence-corrected chi connectivity index (χ4v) is 2.84. The molecule has 2 aromatic rings. The molecule has 1 aromatic heterocycles. The van der Waals surface area contributed by atoms with E-state index in [-0.39, 0.29) is 0 Å². The minimum atomic E-state index is 0.482. The number of hydrogen-bond acceptors (Lipinski definition) is 4. The standard InChI is InChI=1S/C16H18N4/c1-11-2-5-13(6-3-11)20-16-14-8-12(9-17)4-7-15(14)18-10-19-16/h4,7-8,10-11,13H,2-3,5-6H2,1H3,(H,18,19,20). The lowest BCUT2D eigenvalue weighted by Gasteiger charge is -2.27. The van der Waals surface area contributed by atoms with Gasteiger partial charge in [-0.2, -0.15) is 5.26 Å². The molecule has 1 heterocycles. The largest absolute Gasteiger partial charge is 0.367 e. The van der Waals surface area contributed by atoms with Crippen LogP contribution in [0, 0.1) is 17.2 Å². The molecular weight excluding hydrogens is 248 g/mol. The van der Waals surface area contributed by atoms with Gasteiger partial charge >= 0.3 is 0 Å². The summed E-state index contributed by atoms with van der Waals surface area (Å²) in [5.74, 6) is 1.69. The third-order valence-corrected chi connectivity index (χ3v) is 4.12. The molecule has 0 unspecified atom stereocenters. The highest BCUT2D eigenvalue weighted by Crippen LogP contribution is 2.28. The maximum Gasteiger partial charge on any atom is 0.137 e. The van der Waals surface area contributed by atoms with Crippen molar-refractivity contribution in [2.45, 2.75) is 38.6 Å². The molecule has 1 aliphatic rings. The summed E-state index contributed by atoms with van der Waals surface area (Å²) in [4.78, 5) is 8.63. The number of nitrogens with zero attached hydrogens (tertiary/aromatic N) is 3. The first kappa shape index (κ1) is 12.9. The smallest absolute Gasteiger partial charge is 0.137 e. The molecule has 1 N–H and O–H groups in total. The lowest BCUT2D eigenvalue weighted by Crippen LogP contribution is -2.25. The molecule has 1 saturated carbocycles. The van der Waals surface area contributed by atoms with Gasteiger partial charge in [-0.25, -0.2) is 9.97 Å². The highest BCUT2D eigenvalue weighted by atomic mass is 15.0. The number of anilines is 1. The van der Waals surface area contributed by atoms with Crippen LogP contribution in [-0.2, 0) is 0 Å². The first-order chi connectivity index (χ1) is 9.76. The average Bonchev–Trinajstić information content (AvgIpc) is 2.49. The van der Waals surface area contributed by atoms with Crippen molar-refractivity contribution in [1.82, 2.24) is 9.97 Å². The van der Waals surface area contributed by atoms with Crippen LogP contribution in [0.4, 0.5) is 5.82 Å². The first-order valence-corrected chi connectivity index (χ1v) is 7.17. The Bertz CT molecular complexity index is 651. The zero-order chi connectivity index (χ0) is 13.9. The maximum atomic E-state index is 9.03. The Balaban J connectivity index is 1.89. The van der Waals surface area contributed by atoms with Crippen molar-refractivity contribution in [1.29, 1.82) is 5.26 Å². The van der Waals surface area contributed by atoms with E-state index in [9.17, 15) is 0 Å². The Morgan fingerprint density at radius 3 is 2.75 bits per heavy atom. The third-order valence-electron chi connectivity index (χ3n) is 4.12. The molecule has 0 bridgehead atoms. The van der Waals surface area contributed by atoms with Gasteiger partial charge in [-0.1, -0.05) is 6.92 Å². The van der Waals surface area contributed by atoms with E-state index in [4.69, 9.17) is 5.26 Å². The Kier molecular flexibility index (Phi) is 3.51. The summed E-state index contributed by atoms with van der Waals surface area (Å²) in [6.07, 6.45) is 6.49. The number of fused-ring (bicyclic) bond motifs is 1. The summed E-state index contributed by atoms with van der Waals surface area (Å²) in [5, 5.41) is 13.5. The molecule has 4 heteroatoms. The summed E-state index contributed by atoms with van der Waals surface area (Å²) < 4.78 is 0. The van der Waals surface area contributed by atoms with Gasteiger partial charge < -0.3 is 5.32 Å². The van der Waals surface area contributed by atoms with Crippen LogP contribution in [0.15, 0.2) is 24.5 Å². The molecule has 0 radical (unpaired) electrons. The molecule has 4 nitrogen and oxygen atoms in total. The van der Waals surface area contributed by atoms with E-state index in [1.165, 1.54) is 25.7 Å². The van der Waals surface area contributed by atoms with Crippen molar-refractivity contribution in [3.8, 4) is 6.07 Å². The zero-order valence-electron chi connectivity index (χ0n) is 11.6. The van der Waals surface area contributed by atoms with E-state index in [0.717, 1.165) is 22.6 Å². The molecular formula is C16H18N4. The van der Waals surface area contributed by atoms with Gasteiger partial charge in [-0.3, -0.25) is 0 Å². The fourth-order valence-electron chi connectivity index (χ4n) is 2.84. The SMILES string of the molecule is CC1CCC(Nc2ncnc3ccc(C#N)cc23)CC1. The van der Waals surface area contributed by atoms with Crippen LogP contribution in [0.5, 0.6) is 0 Å². The van der Waals surface area contributed by atoms with Crippen LogP contribution < -0.4 is 5.32 Å². The number of benzene rings is 1. The predicted octanol–water partition coefficient (Wildman–Crippen LogP) is 3.49. The van der Waals surface area contributed by atoms with Gasteiger partial charge in [0.1, 0.15) is 12.1 Å². The van der Waals surface area contributed by atoms with Crippen molar-refractivity contribution < 1.29 is 0 Å². The van der Waals surface area contributed by atoms with E-state index >= 15 is 0 Å². The monoisotopic (exact) mass is 266 g/mol. The lowest BCUT2D eigenvalue weighted by atomic mass is 9.87. The molecule has 20 heavy (non-hydrogen) atoms. The minimum absolute atomic E-state index is 0.482. The maximum absolute atomic E-state index is 9.03. The van der Waals surface area contributed by atoms with Crippen LogP contribution in [0.2, 0.25) is 0 Å². The molecule has 1 aliphatic carbocycles. The topological polar surface area (TPSA) is 61.6 Å². The van der Waals surface area contributed by atoms with Crippen LogP contribution in [0.3, 0.4) is 0 Å². The van der Waals surface area contributed by atoms with E-state index in [1.807, 2.05) is 12.1 Å². The lowest BCUT2D eigenvalue weighted by molar-refractivity contribution is 0.361. The van der Waals surface area contributed by atoms with Crippen molar-refractivity contribution in [2.24, 2.45) is 5.92 Å². The van der Waals surface area contributed by atoms with E-state index in [0.29, 0.717) is 11.6 Å². The highest BCUT2D eigenvalue weighted by Gasteiger charge is 2.19. The molecule has 0 amide bonds. The van der Waals surface area contributed by atoms with E-state index in [2.05, 4.69) is 28.3 Å². The Labute approximate surface area is 118 Å². The third kappa shape index (κ3) is 2.57. The second-order valence-corrected chi connectivity index (χ2v) is 5.67. The van der Waals surface area contributed by atoms with Crippen LogP contribution in [-0.4, -0.2) is 16.0 Å². The molecule has 102 valence electrons. The Morgan fingerprint density at radius 1 is 1.20 bits per heavy atom. The summed E-state index contributed by atoms with van der Waals surface area (Å²) in [6.45, 7) is 2.31. The van der Waals surface area contributed by atoms with Gasteiger partial charge in [-0.05, 0) is 49.8 Å². The molecule has 1 fully saturated rings. The highest BCUT2D eigenvalue weighted by molar-refractivity contribution is 5.89. The normalized spacial score (nSPS) is 22.4. The van der Waals surface area contributed by atoms with Crippen molar-refractivity contribution in [2.75, 3.05) is 5.32 Å². The van der Waals surface area contributed by atoms with Crippen LogP contribution in [0.1, 0.15) is 38.2 Å². The van der Waals surface area contributed by atoms with Gasteiger partial charge in [-0.15, -0.1) is 0 Å². The average molecular weight is 266 g/mol. The Morgan fingerprint density at radius 2 is 2.00 bits per heavy atom. The summed E-state index contributed by atoms with van der Waals surface area (Å²) >= 11 is 0. The summed E-state index contributed by atoms with van der Waals surface area (Å²) in [7, 11) is 0. The summed E-state index contributed by atoms with van der Waals surface area (Å²) in [6, 6.07) is 8.19. The molecule has 1 aromatic carbocycles. The number of hydrogen-bond donors (Lipinski definition) is 1. The zero-order valence-corrected chi connectivity index (χ0v) is 11.6. The summed E-state index contributed by atoms with van der Waals surface area (Å²) in [5.41, 5.74) is 1.53. The molecule has 0 aliphatic heterocycles. The van der Waals surface area contributed by atoms with Gasteiger partial charge in [0.15, 0.2) is 0 Å². The van der Waals surface area contributed by atoms with Crippen molar-refractivity contribution in [3.05, 3.63) is 30.1 Å². The van der Waals surface area contributed by atoms with Gasteiger partial charge in [0.25, 0.3) is 0 Å². The van der Waals surface area contributed by atoms with Crippen LogP contribution in [0.25, 0.3) is 10.9 Å². The second kappa shape index (κ2) is 5.46. The van der Waals surface area contributed by atoms with Crippen molar-refractivity contribution in [3.63, 3.8) is 0 Å². The van der Waals surface area contributed by atoms with Gasteiger partial charge in [0, 0.05) is 11.4 Å².